The van der Waals surface area contributed by atoms with Crippen molar-refractivity contribution in [1.82, 2.24) is 15.1 Å². The van der Waals surface area contributed by atoms with E-state index in [9.17, 15) is 24.3 Å². The van der Waals surface area contributed by atoms with Crippen LogP contribution in [0, 0.1) is 0 Å². The molecular weight excluding hydrogens is 798 g/mol. The molecule has 4 aromatic carbocycles. The van der Waals surface area contributed by atoms with Crippen molar-refractivity contribution < 1.29 is 38.5 Å². The van der Waals surface area contributed by atoms with Gasteiger partial charge in [-0.1, -0.05) is 34.1 Å². The Morgan fingerprint density at radius 3 is 2.34 bits per heavy atom. The van der Waals surface area contributed by atoms with Gasteiger partial charge in [-0.3, -0.25) is 34.3 Å². The molecule has 56 heavy (non-hydrogen) atoms. The van der Waals surface area contributed by atoms with Crippen LogP contribution >= 0.6 is 27.3 Å². The Kier molecular flexibility index (Phi) is 11.2. The second-order valence-corrected chi connectivity index (χ2v) is 16.2. The van der Waals surface area contributed by atoms with Gasteiger partial charge in [0.2, 0.25) is 11.8 Å². The molecule has 1 unspecified atom stereocenters. The molecule has 8 rings (SSSR count). The normalized spacial score (nSPS) is 17.7. The van der Waals surface area contributed by atoms with Gasteiger partial charge in [0, 0.05) is 47.2 Å². The maximum Gasteiger partial charge on any atom is 0.262 e. The number of phenolic OH excluding ortho intramolecular Hbond substituents is 1. The second-order valence-electron chi connectivity index (χ2n) is 14.2. The van der Waals surface area contributed by atoms with E-state index in [1.54, 1.807) is 35.6 Å². The number of ether oxygens (including phenoxy) is 3. The fourth-order valence-electron chi connectivity index (χ4n) is 7.47. The van der Waals surface area contributed by atoms with Crippen LogP contribution in [-0.2, 0) is 20.7 Å². The monoisotopic (exact) mass is 837 g/mol. The van der Waals surface area contributed by atoms with Gasteiger partial charge in [0.1, 0.15) is 29.9 Å². The van der Waals surface area contributed by atoms with Crippen molar-refractivity contribution in [3.63, 3.8) is 0 Å². The molecule has 2 N–H and O–H groups in total. The van der Waals surface area contributed by atoms with E-state index in [0.29, 0.717) is 36.5 Å². The molecule has 4 heterocycles. The van der Waals surface area contributed by atoms with E-state index >= 15 is 0 Å². The van der Waals surface area contributed by atoms with Gasteiger partial charge < -0.3 is 19.3 Å². The molecule has 0 bridgehead atoms. The number of hydrogen-bond donors (Lipinski definition) is 2. The largest absolute Gasteiger partial charge is 0.508 e. The number of piperidine rings is 2. The molecule has 2 fully saturated rings. The molecule has 0 aliphatic carbocycles. The summed E-state index contributed by atoms with van der Waals surface area (Å²) < 4.78 is 20.7. The third-order valence-corrected chi connectivity index (χ3v) is 12.2. The molecule has 0 spiro atoms. The minimum atomic E-state index is -0.967. The van der Waals surface area contributed by atoms with Gasteiger partial charge in [-0.25, -0.2) is 0 Å². The van der Waals surface area contributed by atoms with Crippen LogP contribution in [0.1, 0.15) is 58.4 Å². The molecule has 13 heteroatoms. The first-order valence-electron chi connectivity index (χ1n) is 18.8. The molecule has 2 saturated heterocycles. The van der Waals surface area contributed by atoms with Gasteiger partial charge in [-0.05, 0) is 110 Å². The minimum absolute atomic E-state index is 0.0923. The summed E-state index contributed by atoms with van der Waals surface area (Å²) in [4.78, 5) is 54.4. The molecule has 3 aliphatic rings. The average Bonchev–Trinajstić information content (AvgIpc) is 3.67. The molecule has 4 amide bonds. The van der Waals surface area contributed by atoms with Crippen molar-refractivity contribution in [1.29, 1.82) is 0 Å². The number of thiophene rings is 1. The first-order chi connectivity index (χ1) is 27.2. The molecule has 0 saturated carbocycles. The lowest BCUT2D eigenvalue weighted by molar-refractivity contribution is -0.136. The summed E-state index contributed by atoms with van der Waals surface area (Å²) in [5.74, 6) is 0.458. The van der Waals surface area contributed by atoms with E-state index in [0.717, 1.165) is 85.9 Å². The Balaban J connectivity index is 0.758. The predicted octanol–water partition coefficient (Wildman–Crippen LogP) is 7.72. The summed E-state index contributed by atoms with van der Waals surface area (Å²) in [5, 5.41) is 13.2. The highest BCUT2D eigenvalue weighted by Crippen LogP contribution is 2.47. The first-order valence-corrected chi connectivity index (χ1v) is 20.4. The fraction of sp³-hybridized carbons (Fsp3) is 0.302. The van der Waals surface area contributed by atoms with Gasteiger partial charge in [0.05, 0.1) is 22.1 Å². The van der Waals surface area contributed by atoms with E-state index in [-0.39, 0.29) is 24.7 Å². The summed E-state index contributed by atoms with van der Waals surface area (Å²) >= 11 is 5.10. The maximum absolute atomic E-state index is 13.1. The summed E-state index contributed by atoms with van der Waals surface area (Å²) in [6.45, 7) is 3.84. The van der Waals surface area contributed by atoms with Crippen molar-refractivity contribution in [3.8, 4) is 33.4 Å². The van der Waals surface area contributed by atoms with Gasteiger partial charge in [-0.2, -0.15) is 0 Å². The van der Waals surface area contributed by atoms with Crippen molar-refractivity contribution in [2.24, 2.45) is 0 Å². The molecule has 0 radical (unpaired) electrons. The lowest BCUT2D eigenvalue weighted by atomic mass is 10.0. The zero-order chi connectivity index (χ0) is 38.8. The highest BCUT2D eigenvalue weighted by atomic mass is 79.9. The Hall–Kier alpha value is -5.08. The number of fused-ring (bicyclic) bond motifs is 2. The van der Waals surface area contributed by atoms with Crippen molar-refractivity contribution in [2.45, 2.75) is 50.7 Å². The van der Waals surface area contributed by atoms with Crippen LogP contribution < -0.4 is 14.8 Å². The smallest absolute Gasteiger partial charge is 0.262 e. The number of hydrogen-bond acceptors (Lipinski definition) is 10. The number of phenols is 1. The number of likely N-dealkylation sites (tertiary alicyclic amines) is 1. The van der Waals surface area contributed by atoms with Crippen molar-refractivity contribution >= 4 is 61.0 Å². The SMILES string of the molecule is O=C1CCC(N2C(=O)c3ccc(CCCOC4CCN(CCOc5ccc(Oc6c(-c7ccc(Br)cc7)sc7cc(O)ccc67)cc5)CC4)cc3C2=O)C(=O)N1. The molecule has 3 aliphatic heterocycles. The van der Waals surface area contributed by atoms with E-state index in [1.807, 2.05) is 60.7 Å². The zero-order valence-corrected chi connectivity index (χ0v) is 32.9. The molecule has 5 aromatic rings. The van der Waals surface area contributed by atoms with E-state index in [2.05, 4.69) is 26.1 Å². The van der Waals surface area contributed by atoms with Crippen LogP contribution in [0.3, 0.4) is 0 Å². The molecular formula is C43H40BrN3O8S. The summed E-state index contributed by atoms with van der Waals surface area (Å²) in [5.41, 5.74) is 2.56. The summed E-state index contributed by atoms with van der Waals surface area (Å²) in [6, 6.07) is 25.4. The third kappa shape index (κ3) is 8.22. The number of benzene rings is 4. The Morgan fingerprint density at radius 1 is 0.821 bits per heavy atom. The van der Waals surface area contributed by atoms with Crippen molar-refractivity contribution in [3.05, 3.63) is 106 Å². The second kappa shape index (κ2) is 16.6. The van der Waals surface area contributed by atoms with E-state index < -0.39 is 29.7 Å². The molecule has 1 aromatic heterocycles. The highest BCUT2D eigenvalue weighted by Gasteiger charge is 2.44. The molecule has 11 nitrogen and oxygen atoms in total. The average molecular weight is 839 g/mol. The lowest BCUT2D eigenvalue weighted by Crippen LogP contribution is -2.54. The number of amides is 4. The fourth-order valence-corrected chi connectivity index (χ4v) is 8.90. The number of nitrogens with one attached hydrogen (secondary N) is 1. The van der Waals surface area contributed by atoms with E-state index in [4.69, 9.17) is 14.2 Å². The van der Waals surface area contributed by atoms with Gasteiger partial charge in [-0.15, -0.1) is 11.3 Å². The quantitative estimate of drug-likeness (QED) is 0.0903. The van der Waals surface area contributed by atoms with Crippen LogP contribution in [-0.4, -0.2) is 83.5 Å². The Labute approximate surface area is 336 Å². The standard InChI is InChI=1S/C43H40BrN3O8S/c44-28-6-4-27(5-7-28)40-39(34-14-8-29(48)25-37(34)56-40)55-32-11-9-30(10-12-32)54-23-21-46-19-17-31(18-20-46)53-22-1-2-26-3-13-33-35(24-26)43(52)47(42(33)51)36-15-16-38(49)45-41(36)50/h3-14,24-25,31,36,48H,1-2,15-23H2,(H,45,49,50). The first kappa shape index (κ1) is 37.8. The Morgan fingerprint density at radius 2 is 1.57 bits per heavy atom. The number of aromatic hydroxyl groups is 1. The minimum Gasteiger partial charge on any atom is -0.508 e. The van der Waals surface area contributed by atoms with Crippen molar-refractivity contribution in [2.75, 3.05) is 32.8 Å². The van der Waals surface area contributed by atoms with Gasteiger partial charge in [0.15, 0.2) is 5.75 Å². The number of aryl methyl sites for hydroxylation is 1. The number of carbonyl (C=O) groups excluding carboxylic acids is 4. The van der Waals surface area contributed by atoms with Crippen LogP contribution in [0.4, 0.5) is 0 Å². The zero-order valence-electron chi connectivity index (χ0n) is 30.5. The number of rotatable bonds is 13. The molecule has 288 valence electrons. The topological polar surface area (TPSA) is 135 Å². The number of halogens is 1. The summed E-state index contributed by atoms with van der Waals surface area (Å²) in [6.07, 6.45) is 3.77. The van der Waals surface area contributed by atoms with E-state index in [1.165, 1.54) is 0 Å². The maximum atomic E-state index is 13.1. The van der Waals surface area contributed by atoms with Crippen LogP contribution in [0.5, 0.6) is 23.0 Å². The highest BCUT2D eigenvalue weighted by molar-refractivity contribution is 9.10. The van der Waals surface area contributed by atoms with Gasteiger partial charge >= 0.3 is 0 Å². The third-order valence-electron chi connectivity index (χ3n) is 10.5. The number of imide groups is 2. The van der Waals surface area contributed by atoms with Crippen LogP contribution in [0.2, 0.25) is 0 Å². The predicted molar refractivity (Wildman–Crippen MR) is 215 cm³/mol. The lowest BCUT2D eigenvalue weighted by Gasteiger charge is -2.31. The summed E-state index contributed by atoms with van der Waals surface area (Å²) in [7, 11) is 0. The number of nitrogens with zero attached hydrogens (tertiary/aromatic N) is 2. The molecule has 1 atom stereocenters. The van der Waals surface area contributed by atoms with Crippen LogP contribution in [0.25, 0.3) is 20.5 Å². The van der Waals surface area contributed by atoms with Crippen LogP contribution in [0.15, 0.2) is 89.4 Å². The van der Waals surface area contributed by atoms with Gasteiger partial charge in [0.25, 0.3) is 11.8 Å². The Bertz CT molecular complexity index is 2290. The number of carbonyl (C=O) groups is 4.